The third-order valence-corrected chi connectivity index (χ3v) is 4.10. The maximum Gasteiger partial charge on any atom is 0.268 e. The van der Waals surface area contributed by atoms with Crippen molar-refractivity contribution in [2.45, 2.75) is 25.9 Å². The molecule has 0 aliphatic carbocycles. The molecule has 1 fully saturated rings. The molecule has 6 heteroatoms. The highest BCUT2D eigenvalue weighted by Crippen LogP contribution is 2.15. The van der Waals surface area contributed by atoms with Crippen LogP contribution in [0.25, 0.3) is 0 Å². The smallest absolute Gasteiger partial charge is 0.268 e. The van der Waals surface area contributed by atoms with Gasteiger partial charge in [-0.05, 0) is 18.6 Å². The second-order valence-electron chi connectivity index (χ2n) is 5.99. The second-order valence-corrected chi connectivity index (χ2v) is 5.99. The molecule has 1 aromatic heterocycles. The number of amides is 2. The Hall–Kier alpha value is -2.89. The molecule has 6 nitrogen and oxygen atoms in total. The number of Topliss-reactive ketones (excluding diaryl/α,β-unsaturated/α-hetero) is 1. The summed E-state index contributed by atoms with van der Waals surface area (Å²) >= 11 is 0. The highest BCUT2D eigenvalue weighted by atomic mass is 16.2. The average molecular weight is 325 g/mol. The van der Waals surface area contributed by atoms with Gasteiger partial charge in [0.25, 0.3) is 5.91 Å². The maximum atomic E-state index is 12.2. The summed E-state index contributed by atoms with van der Waals surface area (Å²) in [6, 6.07) is 11.1. The molecular formula is C18H19N3O3. The van der Waals surface area contributed by atoms with Gasteiger partial charge in [0.2, 0.25) is 5.91 Å². The fraction of sp³-hybridized carbons (Fsp3) is 0.278. The van der Waals surface area contributed by atoms with Crippen LogP contribution in [0.15, 0.2) is 42.6 Å². The zero-order chi connectivity index (χ0) is 17.1. The van der Waals surface area contributed by atoms with Gasteiger partial charge < -0.3 is 15.2 Å². The van der Waals surface area contributed by atoms with E-state index in [1.165, 1.54) is 19.2 Å². The van der Waals surface area contributed by atoms with Crippen LogP contribution < -0.4 is 5.32 Å². The van der Waals surface area contributed by atoms with Crippen molar-refractivity contribution in [2.75, 3.05) is 6.54 Å². The SMILES string of the molecule is CC(=O)c1c[nH]c(C(=O)N[C@@H]2CC(=O)N(Cc3ccccc3)C2)c1. The number of nitrogens with one attached hydrogen (secondary N) is 2. The van der Waals surface area contributed by atoms with Crippen molar-refractivity contribution in [2.24, 2.45) is 0 Å². The predicted octanol–water partition coefficient (Wildman–Crippen LogP) is 1.75. The molecule has 2 aromatic rings. The molecule has 1 aliphatic rings. The number of hydrogen-bond donors (Lipinski definition) is 2. The lowest BCUT2D eigenvalue weighted by atomic mass is 10.2. The van der Waals surface area contributed by atoms with Gasteiger partial charge in [0, 0.05) is 31.3 Å². The van der Waals surface area contributed by atoms with Gasteiger partial charge in [-0.25, -0.2) is 0 Å². The minimum absolute atomic E-state index is 0.0278. The van der Waals surface area contributed by atoms with Crippen LogP contribution in [0.1, 0.15) is 39.8 Å². The van der Waals surface area contributed by atoms with Gasteiger partial charge in [0.05, 0.1) is 6.04 Å². The Bertz CT molecular complexity index is 767. The molecule has 0 spiro atoms. The van der Waals surface area contributed by atoms with Crippen LogP contribution in [0.5, 0.6) is 0 Å². The summed E-state index contributed by atoms with van der Waals surface area (Å²) in [5.41, 5.74) is 1.86. The van der Waals surface area contributed by atoms with Gasteiger partial charge in [-0.3, -0.25) is 14.4 Å². The molecule has 1 atom stereocenters. The number of benzene rings is 1. The molecule has 2 amide bonds. The van der Waals surface area contributed by atoms with E-state index < -0.39 is 0 Å². The van der Waals surface area contributed by atoms with E-state index in [9.17, 15) is 14.4 Å². The number of carbonyl (C=O) groups excluding carboxylic acids is 3. The van der Waals surface area contributed by atoms with E-state index in [4.69, 9.17) is 0 Å². The van der Waals surface area contributed by atoms with E-state index >= 15 is 0 Å². The van der Waals surface area contributed by atoms with Gasteiger partial charge in [-0.15, -0.1) is 0 Å². The summed E-state index contributed by atoms with van der Waals surface area (Å²) in [5.74, 6) is -0.377. The highest BCUT2D eigenvalue weighted by molar-refractivity contribution is 5.99. The summed E-state index contributed by atoms with van der Waals surface area (Å²) in [4.78, 5) is 40.2. The topological polar surface area (TPSA) is 82.3 Å². The summed E-state index contributed by atoms with van der Waals surface area (Å²) in [5, 5.41) is 2.85. The molecule has 0 unspecified atom stereocenters. The molecule has 0 bridgehead atoms. The number of aromatic nitrogens is 1. The molecule has 1 saturated heterocycles. The fourth-order valence-electron chi connectivity index (χ4n) is 2.82. The van der Waals surface area contributed by atoms with E-state index in [0.717, 1.165) is 5.56 Å². The van der Waals surface area contributed by atoms with Crippen molar-refractivity contribution >= 4 is 17.6 Å². The number of rotatable bonds is 5. The van der Waals surface area contributed by atoms with Crippen LogP contribution in [-0.2, 0) is 11.3 Å². The van der Waals surface area contributed by atoms with Crippen molar-refractivity contribution in [1.82, 2.24) is 15.2 Å². The number of H-pyrrole nitrogens is 1. The van der Waals surface area contributed by atoms with E-state index in [1.54, 1.807) is 4.90 Å². The van der Waals surface area contributed by atoms with Crippen LogP contribution in [0.4, 0.5) is 0 Å². The first-order valence-electron chi connectivity index (χ1n) is 7.85. The monoisotopic (exact) mass is 325 g/mol. The van der Waals surface area contributed by atoms with Crippen molar-refractivity contribution < 1.29 is 14.4 Å². The first-order valence-corrected chi connectivity index (χ1v) is 7.85. The minimum atomic E-state index is -0.304. The van der Waals surface area contributed by atoms with E-state index in [2.05, 4.69) is 10.3 Å². The predicted molar refractivity (Wildman–Crippen MR) is 88.5 cm³/mol. The summed E-state index contributed by atoms with van der Waals surface area (Å²) in [6.07, 6.45) is 1.80. The van der Waals surface area contributed by atoms with E-state index in [-0.39, 0.29) is 23.6 Å². The van der Waals surface area contributed by atoms with Crippen molar-refractivity contribution in [3.63, 3.8) is 0 Å². The largest absolute Gasteiger partial charge is 0.356 e. The van der Waals surface area contributed by atoms with Crippen LogP contribution in [0.3, 0.4) is 0 Å². The molecule has 2 N–H and O–H groups in total. The average Bonchev–Trinajstić information content (AvgIpc) is 3.16. The molecule has 1 aromatic carbocycles. The lowest BCUT2D eigenvalue weighted by Crippen LogP contribution is -2.37. The molecule has 124 valence electrons. The Morgan fingerprint density at radius 2 is 2.04 bits per heavy atom. The molecule has 3 rings (SSSR count). The summed E-state index contributed by atoms with van der Waals surface area (Å²) < 4.78 is 0. The second kappa shape index (κ2) is 6.70. The standard InChI is InChI=1S/C18H19N3O3/c1-12(22)14-7-16(19-9-14)18(24)20-15-8-17(23)21(11-15)10-13-5-3-2-4-6-13/h2-7,9,15,19H,8,10-11H2,1H3,(H,20,24)/t15-/m1/s1. The zero-order valence-electron chi connectivity index (χ0n) is 13.4. The first-order chi connectivity index (χ1) is 11.5. The Kier molecular flexibility index (Phi) is 4.46. The van der Waals surface area contributed by atoms with Crippen molar-refractivity contribution in [3.05, 3.63) is 59.4 Å². The van der Waals surface area contributed by atoms with Crippen molar-refractivity contribution in [1.29, 1.82) is 0 Å². The van der Waals surface area contributed by atoms with Gasteiger partial charge in [-0.2, -0.15) is 0 Å². The van der Waals surface area contributed by atoms with Crippen LogP contribution in [-0.4, -0.2) is 40.1 Å². The lowest BCUT2D eigenvalue weighted by Gasteiger charge is -2.17. The number of nitrogens with zero attached hydrogens (tertiary/aromatic N) is 1. The zero-order valence-corrected chi connectivity index (χ0v) is 13.4. The molecule has 0 saturated carbocycles. The number of ketones is 1. The fourth-order valence-corrected chi connectivity index (χ4v) is 2.82. The molecule has 24 heavy (non-hydrogen) atoms. The number of hydrogen-bond acceptors (Lipinski definition) is 3. The maximum absolute atomic E-state index is 12.2. The number of likely N-dealkylation sites (tertiary alicyclic amines) is 1. The van der Waals surface area contributed by atoms with Gasteiger partial charge in [-0.1, -0.05) is 30.3 Å². The Balaban J connectivity index is 1.59. The molecular weight excluding hydrogens is 306 g/mol. The molecule has 1 aliphatic heterocycles. The van der Waals surface area contributed by atoms with Gasteiger partial charge in [0.1, 0.15) is 5.69 Å². The third kappa shape index (κ3) is 3.53. The van der Waals surface area contributed by atoms with E-state index in [1.807, 2.05) is 30.3 Å². The van der Waals surface area contributed by atoms with Crippen LogP contribution in [0, 0.1) is 0 Å². The van der Waals surface area contributed by atoms with Crippen molar-refractivity contribution in [3.8, 4) is 0 Å². The van der Waals surface area contributed by atoms with Crippen LogP contribution >= 0.6 is 0 Å². The Morgan fingerprint density at radius 1 is 1.29 bits per heavy atom. The quantitative estimate of drug-likeness (QED) is 0.822. The highest BCUT2D eigenvalue weighted by Gasteiger charge is 2.30. The first kappa shape index (κ1) is 16.0. The molecule has 2 heterocycles. The van der Waals surface area contributed by atoms with Gasteiger partial charge >= 0.3 is 0 Å². The normalized spacial score (nSPS) is 17.1. The summed E-state index contributed by atoms with van der Waals surface area (Å²) in [6.45, 7) is 2.48. The third-order valence-electron chi connectivity index (χ3n) is 4.10. The van der Waals surface area contributed by atoms with Crippen LogP contribution in [0.2, 0.25) is 0 Å². The Labute approximate surface area is 139 Å². The minimum Gasteiger partial charge on any atom is -0.356 e. The number of carbonyl (C=O) groups is 3. The van der Waals surface area contributed by atoms with E-state index in [0.29, 0.717) is 30.8 Å². The lowest BCUT2D eigenvalue weighted by molar-refractivity contribution is -0.128. The Morgan fingerprint density at radius 3 is 2.71 bits per heavy atom. The molecule has 0 radical (unpaired) electrons. The van der Waals surface area contributed by atoms with Gasteiger partial charge in [0.15, 0.2) is 5.78 Å². The number of aromatic amines is 1. The summed E-state index contributed by atoms with van der Waals surface area (Å²) in [7, 11) is 0.